The molecule has 0 bridgehead atoms. The van der Waals surface area contributed by atoms with Crippen molar-refractivity contribution in [3.8, 4) is 0 Å². The Hall–Kier alpha value is -2.71. The zero-order valence-electron chi connectivity index (χ0n) is 18.2. The lowest BCUT2D eigenvalue weighted by Crippen LogP contribution is -2.38. The van der Waals surface area contributed by atoms with Gasteiger partial charge < -0.3 is 5.32 Å². The van der Waals surface area contributed by atoms with Crippen LogP contribution in [0.5, 0.6) is 0 Å². The minimum absolute atomic E-state index is 0.183. The van der Waals surface area contributed by atoms with E-state index in [0.29, 0.717) is 27.6 Å². The molecule has 3 heterocycles. The predicted octanol–water partition coefficient (Wildman–Crippen LogP) is 2.25. The van der Waals surface area contributed by atoms with Gasteiger partial charge in [-0.05, 0) is 50.4 Å². The molecule has 1 aliphatic rings. The molecule has 0 saturated carbocycles. The fourth-order valence-corrected chi connectivity index (χ4v) is 5.12. The third kappa shape index (κ3) is 4.50. The first kappa shape index (κ1) is 21.5. The molecule has 0 radical (unpaired) electrons. The van der Waals surface area contributed by atoms with Crippen LogP contribution in [0.25, 0.3) is 10.2 Å². The highest BCUT2D eigenvalue weighted by atomic mass is 32.1. The van der Waals surface area contributed by atoms with Gasteiger partial charge in [0.25, 0.3) is 11.5 Å². The van der Waals surface area contributed by atoms with Gasteiger partial charge in [-0.2, -0.15) is 0 Å². The molecule has 1 amide bonds. The number of hydrogen-bond acceptors (Lipinski definition) is 5. The van der Waals surface area contributed by atoms with Crippen LogP contribution in [0.2, 0.25) is 0 Å². The number of amides is 1. The van der Waals surface area contributed by atoms with E-state index in [9.17, 15) is 14.4 Å². The maximum Gasteiger partial charge on any atom is 0.331 e. The summed E-state index contributed by atoms with van der Waals surface area (Å²) in [5.74, 6) is 0.266. The van der Waals surface area contributed by atoms with Gasteiger partial charge in [0, 0.05) is 27.2 Å². The lowest BCUT2D eigenvalue weighted by atomic mass is 9.96. The quantitative estimate of drug-likeness (QED) is 0.660. The molecule has 1 fully saturated rings. The Balaban J connectivity index is 1.33. The molecule has 7 nitrogen and oxygen atoms in total. The summed E-state index contributed by atoms with van der Waals surface area (Å²) in [4.78, 5) is 40.6. The van der Waals surface area contributed by atoms with E-state index in [1.54, 1.807) is 13.1 Å². The topological polar surface area (TPSA) is 76.3 Å². The van der Waals surface area contributed by atoms with Gasteiger partial charge in [0.1, 0.15) is 4.83 Å². The second-order valence-corrected chi connectivity index (χ2v) is 9.48. The number of rotatable bonds is 5. The van der Waals surface area contributed by atoms with Crippen molar-refractivity contribution in [2.45, 2.75) is 26.3 Å². The number of nitrogens with one attached hydrogen (secondary N) is 1. The van der Waals surface area contributed by atoms with E-state index in [4.69, 9.17) is 0 Å². The van der Waals surface area contributed by atoms with Crippen LogP contribution in [-0.4, -0.2) is 39.6 Å². The molecule has 31 heavy (non-hydrogen) atoms. The molecule has 1 N–H and O–H groups in total. The maximum absolute atomic E-state index is 12.7. The first-order chi connectivity index (χ1) is 14.8. The summed E-state index contributed by atoms with van der Waals surface area (Å²) in [7, 11) is 3.07. The van der Waals surface area contributed by atoms with Crippen LogP contribution < -0.4 is 16.6 Å². The van der Waals surface area contributed by atoms with Crippen molar-refractivity contribution in [1.29, 1.82) is 0 Å². The van der Waals surface area contributed by atoms with E-state index >= 15 is 0 Å². The number of aryl methyl sites for hydroxylation is 2. The smallest absolute Gasteiger partial charge is 0.331 e. The third-order valence-electron chi connectivity index (χ3n) is 6.14. The second kappa shape index (κ2) is 8.80. The Morgan fingerprint density at radius 1 is 1.10 bits per heavy atom. The van der Waals surface area contributed by atoms with Gasteiger partial charge in [-0.1, -0.05) is 29.8 Å². The number of nitrogens with zero attached hydrogens (tertiary/aromatic N) is 3. The van der Waals surface area contributed by atoms with Crippen molar-refractivity contribution < 1.29 is 4.79 Å². The lowest BCUT2D eigenvalue weighted by molar-refractivity contribution is 0.0939. The minimum Gasteiger partial charge on any atom is -0.351 e. The summed E-state index contributed by atoms with van der Waals surface area (Å²) in [6.07, 6.45) is 2.10. The van der Waals surface area contributed by atoms with Crippen LogP contribution in [0.15, 0.2) is 39.9 Å². The van der Waals surface area contributed by atoms with Crippen LogP contribution in [0.3, 0.4) is 0 Å². The summed E-state index contributed by atoms with van der Waals surface area (Å²) in [5.41, 5.74) is 1.86. The Labute approximate surface area is 184 Å². The first-order valence-electron chi connectivity index (χ1n) is 10.6. The van der Waals surface area contributed by atoms with Crippen molar-refractivity contribution in [3.05, 3.63) is 67.2 Å². The number of piperidine rings is 1. The van der Waals surface area contributed by atoms with Crippen molar-refractivity contribution in [2.75, 3.05) is 19.6 Å². The molecule has 164 valence electrons. The van der Waals surface area contributed by atoms with E-state index in [1.807, 2.05) is 0 Å². The summed E-state index contributed by atoms with van der Waals surface area (Å²) in [6, 6.07) is 10.3. The largest absolute Gasteiger partial charge is 0.351 e. The third-order valence-corrected chi connectivity index (χ3v) is 7.35. The van der Waals surface area contributed by atoms with Crippen molar-refractivity contribution in [3.63, 3.8) is 0 Å². The fourth-order valence-electron chi connectivity index (χ4n) is 4.10. The number of hydrogen-bond donors (Lipinski definition) is 1. The van der Waals surface area contributed by atoms with Crippen molar-refractivity contribution in [1.82, 2.24) is 19.4 Å². The van der Waals surface area contributed by atoms with Gasteiger partial charge in [-0.25, -0.2) is 4.79 Å². The number of carbonyl (C=O) groups excluding carboxylic acids is 1. The zero-order valence-corrected chi connectivity index (χ0v) is 19.0. The average molecular weight is 441 g/mol. The Morgan fingerprint density at radius 2 is 1.77 bits per heavy atom. The van der Waals surface area contributed by atoms with E-state index in [1.165, 1.54) is 34.1 Å². The number of aromatic nitrogens is 2. The number of thiophene rings is 1. The lowest BCUT2D eigenvalue weighted by Gasteiger charge is -2.32. The maximum atomic E-state index is 12.7. The molecule has 1 aromatic carbocycles. The fraction of sp³-hybridized carbons (Fsp3) is 0.435. The molecule has 8 heteroatoms. The summed E-state index contributed by atoms with van der Waals surface area (Å²) in [6.45, 7) is 5.74. The standard InChI is InChI=1S/C23H28N4O3S/c1-15-4-6-17(7-5-15)14-27-10-8-16(9-11-27)13-24-20(28)19-12-18-21(29)25(2)23(30)26(3)22(18)31-19/h4-7,12,16H,8-11,13-14H2,1-3H3,(H,24,28). The van der Waals surface area contributed by atoms with Gasteiger partial charge >= 0.3 is 5.69 Å². The molecule has 0 atom stereocenters. The molecule has 0 spiro atoms. The highest BCUT2D eigenvalue weighted by Crippen LogP contribution is 2.22. The van der Waals surface area contributed by atoms with Gasteiger partial charge in [0.15, 0.2) is 0 Å². The first-order valence-corrected chi connectivity index (χ1v) is 11.4. The van der Waals surface area contributed by atoms with Crippen LogP contribution >= 0.6 is 11.3 Å². The molecular formula is C23H28N4O3S. The van der Waals surface area contributed by atoms with Crippen LogP contribution in [-0.2, 0) is 20.6 Å². The normalized spacial score (nSPS) is 15.5. The molecule has 0 unspecified atom stereocenters. The van der Waals surface area contributed by atoms with Gasteiger partial charge in [0.2, 0.25) is 0 Å². The van der Waals surface area contributed by atoms with Gasteiger partial charge in [-0.15, -0.1) is 11.3 Å². The minimum atomic E-state index is -0.385. The Morgan fingerprint density at radius 3 is 2.45 bits per heavy atom. The van der Waals surface area contributed by atoms with Crippen LogP contribution in [0.1, 0.15) is 33.6 Å². The van der Waals surface area contributed by atoms with Crippen LogP contribution in [0, 0.1) is 12.8 Å². The summed E-state index contributed by atoms with van der Waals surface area (Å²) < 4.78 is 2.49. The van der Waals surface area contributed by atoms with Crippen molar-refractivity contribution in [2.24, 2.45) is 20.0 Å². The molecular weight excluding hydrogens is 412 g/mol. The highest BCUT2D eigenvalue weighted by molar-refractivity contribution is 7.20. The Kier molecular flexibility index (Phi) is 6.11. The molecule has 3 aromatic rings. The van der Waals surface area contributed by atoms with Crippen LogP contribution in [0.4, 0.5) is 0 Å². The molecule has 0 aliphatic carbocycles. The number of carbonyl (C=O) groups is 1. The van der Waals surface area contributed by atoms with E-state index < -0.39 is 0 Å². The monoisotopic (exact) mass is 440 g/mol. The SMILES string of the molecule is Cc1ccc(CN2CCC(CNC(=O)c3cc4c(=O)n(C)c(=O)n(C)c4s3)CC2)cc1. The predicted molar refractivity (Wildman–Crippen MR) is 124 cm³/mol. The highest BCUT2D eigenvalue weighted by Gasteiger charge is 2.21. The molecule has 2 aromatic heterocycles. The zero-order chi connectivity index (χ0) is 22.1. The van der Waals surface area contributed by atoms with Gasteiger partial charge in [-0.3, -0.25) is 23.6 Å². The summed E-state index contributed by atoms with van der Waals surface area (Å²) in [5, 5.41) is 3.43. The number of fused-ring (bicyclic) bond motifs is 1. The molecule has 4 rings (SSSR count). The average Bonchev–Trinajstić information content (AvgIpc) is 3.23. The van der Waals surface area contributed by atoms with E-state index in [2.05, 4.69) is 41.4 Å². The van der Waals surface area contributed by atoms with Gasteiger partial charge in [0.05, 0.1) is 10.3 Å². The van der Waals surface area contributed by atoms with E-state index in [-0.39, 0.29) is 17.2 Å². The molecule has 1 saturated heterocycles. The number of benzene rings is 1. The summed E-state index contributed by atoms with van der Waals surface area (Å²) >= 11 is 1.19. The van der Waals surface area contributed by atoms with Crippen molar-refractivity contribution >= 4 is 27.5 Å². The number of likely N-dealkylation sites (tertiary alicyclic amines) is 1. The Bertz CT molecular complexity index is 1210. The second-order valence-electron chi connectivity index (χ2n) is 8.45. The molecule has 1 aliphatic heterocycles. The van der Waals surface area contributed by atoms with E-state index in [0.717, 1.165) is 37.0 Å².